The molecule has 4 heterocycles. The predicted octanol–water partition coefficient (Wildman–Crippen LogP) is 15.1. The van der Waals surface area contributed by atoms with Crippen LogP contribution in [0.15, 0.2) is 199 Å². The van der Waals surface area contributed by atoms with Crippen LogP contribution in [0, 0.1) is 0 Å². The summed E-state index contributed by atoms with van der Waals surface area (Å²) in [5.74, 6) is 1.83. The molecule has 0 fully saturated rings. The number of thiophene rings is 1. The zero-order valence-electron chi connectivity index (χ0n) is 32.6. The van der Waals surface area contributed by atoms with Gasteiger partial charge in [0, 0.05) is 69.5 Å². The molecule has 0 aliphatic heterocycles. The summed E-state index contributed by atoms with van der Waals surface area (Å²) in [7, 11) is 0. The smallest absolute Gasteiger partial charge is 0.164 e. The largest absolute Gasteiger partial charge is 0.455 e. The van der Waals surface area contributed by atoms with E-state index in [2.05, 4.69) is 162 Å². The van der Waals surface area contributed by atoms with Crippen molar-refractivity contribution >= 4 is 86.0 Å². The molecular weight excluding hydrogens is 765 g/mol. The molecule has 0 N–H and O–H groups in total. The maximum atomic E-state index is 6.77. The fourth-order valence-corrected chi connectivity index (χ4v) is 10.3. The van der Waals surface area contributed by atoms with Crippen molar-refractivity contribution in [3.05, 3.63) is 194 Å². The van der Waals surface area contributed by atoms with Crippen LogP contribution < -0.4 is 0 Å². The summed E-state index contributed by atoms with van der Waals surface area (Å²) >= 11 is 1.86. The van der Waals surface area contributed by atoms with Gasteiger partial charge >= 0.3 is 0 Å². The summed E-state index contributed by atoms with van der Waals surface area (Å²) in [6.45, 7) is 0. The normalized spacial score (nSPS) is 11.9. The van der Waals surface area contributed by atoms with Gasteiger partial charge in [0.15, 0.2) is 17.5 Å². The number of fused-ring (bicyclic) bond motifs is 11. The molecule has 0 aliphatic carbocycles. The van der Waals surface area contributed by atoms with Crippen LogP contribution in [-0.2, 0) is 0 Å². The Balaban J connectivity index is 1.07. The van der Waals surface area contributed by atoms with Crippen LogP contribution in [0.25, 0.3) is 126 Å². The molecule has 5 nitrogen and oxygen atoms in total. The number of rotatable bonds is 5. The van der Waals surface area contributed by atoms with Gasteiger partial charge in [-0.1, -0.05) is 146 Å². The van der Waals surface area contributed by atoms with Gasteiger partial charge in [0.25, 0.3) is 0 Å². The molecule has 13 rings (SSSR count). The molecule has 0 bridgehead atoms. The van der Waals surface area contributed by atoms with Gasteiger partial charge < -0.3 is 8.98 Å². The molecule has 6 heteroatoms. The highest BCUT2D eigenvalue weighted by atomic mass is 32.1. The third kappa shape index (κ3) is 5.36. The van der Waals surface area contributed by atoms with Crippen molar-refractivity contribution in [3.8, 4) is 51.0 Å². The predicted molar refractivity (Wildman–Crippen MR) is 254 cm³/mol. The van der Waals surface area contributed by atoms with Crippen molar-refractivity contribution in [2.24, 2.45) is 0 Å². The first-order valence-electron chi connectivity index (χ1n) is 20.4. The molecule has 9 aromatic carbocycles. The Morgan fingerprint density at radius 1 is 0.361 bits per heavy atom. The molecule has 61 heavy (non-hydrogen) atoms. The molecular formula is C55H32N4OS. The first-order valence-corrected chi connectivity index (χ1v) is 21.2. The van der Waals surface area contributed by atoms with Gasteiger partial charge in [-0.25, -0.2) is 15.0 Å². The summed E-state index contributed by atoms with van der Waals surface area (Å²) in [6.07, 6.45) is 0. The second-order valence-electron chi connectivity index (χ2n) is 15.6. The van der Waals surface area contributed by atoms with Crippen LogP contribution in [0.4, 0.5) is 0 Å². The fraction of sp³-hybridized carbons (Fsp3) is 0. The SMILES string of the molecule is c1ccc(-c2ccc(-c3nc(-c4ccccc4)nc(-c4cc5c6ccccc6oc5c5cc(-n6c7ccccc7c7cc8sc9ccccc9c8cc76)ccc45)n3)cc2)cc1. The minimum Gasteiger partial charge on any atom is -0.455 e. The quantitative estimate of drug-likeness (QED) is 0.174. The van der Waals surface area contributed by atoms with E-state index in [1.54, 1.807) is 0 Å². The Bertz CT molecular complexity index is 3870. The van der Waals surface area contributed by atoms with Gasteiger partial charge in [0.1, 0.15) is 11.2 Å². The van der Waals surface area contributed by atoms with Crippen molar-refractivity contribution in [2.75, 3.05) is 0 Å². The molecule has 0 amide bonds. The van der Waals surface area contributed by atoms with Crippen LogP contribution in [-0.4, -0.2) is 19.5 Å². The maximum absolute atomic E-state index is 6.77. The molecule has 0 aliphatic rings. The Kier molecular flexibility index (Phi) is 7.41. The Morgan fingerprint density at radius 2 is 0.967 bits per heavy atom. The Labute approximate surface area is 353 Å². The lowest BCUT2D eigenvalue weighted by Gasteiger charge is -2.13. The van der Waals surface area contributed by atoms with E-state index in [0.717, 1.165) is 71.7 Å². The van der Waals surface area contributed by atoms with Gasteiger partial charge in [-0.15, -0.1) is 11.3 Å². The Morgan fingerprint density at radius 3 is 1.77 bits per heavy atom. The molecule has 4 aromatic heterocycles. The van der Waals surface area contributed by atoms with Gasteiger partial charge in [-0.2, -0.15) is 0 Å². The van der Waals surface area contributed by atoms with E-state index in [4.69, 9.17) is 19.4 Å². The fourth-order valence-electron chi connectivity index (χ4n) is 9.16. The zero-order valence-corrected chi connectivity index (χ0v) is 33.4. The van der Waals surface area contributed by atoms with Gasteiger partial charge in [-0.3, -0.25) is 0 Å². The summed E-state index contributed by atoms with van der Waals surface area (Å²) in [6, 6.07) is 68.5. The van der Waals surface area contributed by atoms with E-state index in [1.807, 2.05) is 47.7 Å². The average Bonchev–Trinajstić information content (AvgIpc) is 4.00. The Hall–Kier alpha value is -7.93. The second kappa shape index (κ2) is 13.3. The average molecular weight is 797 g/mol. The van der Waals surface area contributed by atoms with Gasteiger partial charge in [-0.05, 0) is 65.0 Å². The van der Waals surface area contributed by atoms with Crippen LogP contribution in [0.5, 0.6) is 0 Å². The van der Waals surface area contributed by atoms with Crippen molar-refractivity contribution in [1.29, 1.82) is 0 Å². The lowest BCUT2D eigenvalue weighted by Crippen LogP contribution is -2.01. The van der Waals surface area contributed by atoms with Crippen LogP contribution >= 0.6 is 11.3 Å². The van der Waals surface area contributed by atoms with Crippen molar-refractivity contribution < 1.29 is 4.42 Å². The highest BCUT2D eigenvalue weighted by Crippen LogP contribution is 2.44. The van der Waals surface area contributed by atoms with E-state index in [9.17, 15) is 0 Å². The minimum absolute atomic E-state index is 0.601. The number of aromatic nitrogens is 4. The number of nitrogens with zero attached hydrogens (tertiary/aromatic N) is 4. The van der Waals surface area contributed by atoms with E-state index < -0.39 is 0 Å². The summed E-state index contributed by atoms with van der Waals surface area (Å²) in [4.78, 5) is 15.6. The lowest BCUT2D eigenvalue weighted by atomic mass is 9.98. The van der Waals surface area contributed by atoms with Crippen LogP contribution in [0.1, 0.15) is 0 Å². The highest BCUT2D eigenvalue weighted by molar-refractivity contribution is 7.25. The van der Waals surface area contributed by atoms with E-state index in [1.165, 1.54) is 36.5 Å². The van der Waals surface area contributed by atoms with Crippen LogP contribution in [0.2, 0.25) is 0 Å². The summed E-state index contributed by atoms with van der Waals surface area (Å²) in [5, 5.41) is 9.06. The molecule has 13 aromatic rings. The van der Waals surface area contributed by atoms with Crippen LogP contribution in [0.3, 0.4) is 0 Å². The van der Waals surface area contributed by atoms with Gasteiger partial charge in [0.05, 0.1) is 11.0 Å². The number of benzene rings is 9. The second-order valence-corrected chi connectivity index (χ2v) is 16.6. The molecule has 0 spiro atoms. The molecule has 0 atom stereocenters. The van der Waals surface area contributed by atoms with E-state index in [-0.39, 0.29) is 0 Å². The summed E-state index contributed by atoms with van der Waals surface area (Å²) in [5.41, 5.74) is 10.1. The van der Waals surface area contributed by atoms with E-state index in [0.29, 0.717) is 17.5 Å². The highest BCUT2D eigenvalue weighted by Gasteiger charge is 2.21. The third-order valence-electron chi connectivity index (χ3n) is 12.0. The number of para-hydroxylation sites is 2. The molecule has 284 valence electrons. The van der Waals surface area contributed by atoms with Gasteiger partial charge in [0.2, 0.25) is 0 Å². The van der Waals surface area contributed by atoms with E-state index >= 15 is 0 Å². The molecule has 0 radical (unpaired) electrons. The molecule has 0 saturated heterocycles. The number of hydrogen-bond donors (Lipinski definition) is 0. The molecule has 0 unspecified atom stereocenters. The van der Waals surface area contributed by atoms with Crippen molar-refractivity contribution in [2.45, 2.75) is 0 Å². The summed E-state index contributed by atoms with van der Waals surface area (Å²) < 4.78 is 11.8. The molecule has 0 saturated carbocycles. The first kappa shape index (κ1) is 34.0. The zero-order chi connectivity index (χ0) is 40.0. The maximum Gasteiger partial charge on any atom is 0.164 e. The topological polar surface area (TPSA) is 56.7 Å². The number of hydrogen-bond acceptors (Lipinski definition) is 5. The number of furan rings is 1. The monoisotopic (exact) mass is 796 g/mol. The standard InChI is InChI=1S/C55H32N4OS/c1-3-13-33(14-4-1)34-23-25-36(26-24-34)54-56-53(35-15-5-2-6-16-35)57-55(58-54)46-30-45-40-18-8-11-21-49(40)60-52(45)44-29-37(27-28-38(44)46)59-47-20-10-7-17-39(47)42-32-51-43(31-48(42)59)41-19-9-12-22-50(41)61-51/h1-32H. The van der Waals surface area contributed by atoms with Crippen molar-refractivity contribution in [3.63, 3.8) is 0 Å². The van der Waals surface area contributed by atoms with Crippen molar-refractivity contribution in [1.82, 2.24) is 19.5 Å². The lowest BCUT2D eigenvalue weighted by molar-refractivity contribution is 0.672. The minimum atomic E-state index is 0.601. The first-order chi connectivity index (χ1) is 30.2. The third-order valence-corrected chi connectivity index (χ3v) is 13.2.